The zero-order valence-corrected chi connectivity index (χ0v) is 15.0. The van der Waals surface area contributed by atoms with Crippen molar-refractivity contribution in [3.63, 3.8) is 0 Å². The van der Waals surface area contributed by atoms with E-state index in [4.69, 9.17) is 4.74 Å². The van der Waals surface area contributed by atoms with E-state index < -0.39 is 0 Å². The van der Waals surface area contributed by atoms with Crippen LogP contribution in [-0.4, -0.2) is 40.1 Å². The summed E-state index contributed by atoms with van der Waals surface area (Å²) in [5, 5.41) is 4.28. The Kier molecular flexibility index (Phi) is 4.61. The van der Waals surface area contributed by atoms with Gasteiger partial charge < -0.3 is 9.64 Å². The van der Waals surface area contributed by atoms with Gasteiger partial charge in [-0.05, 0) is 44.0 Å². The van der Waals surface area contributed by atoms with Crippen LogP contribution >= 0.6 is 0 Å². The zero-order chi connectivity index (χ0) is 17.9. The number of nitrogens with zero attached hydrogens (tertiary/aromatic N) is 3. The van der Waals surface area contributed by atoms with Crippen LogP contribution in [0.15, 0.2) is 54.9 Å². The number of benzene rings is 1. The number of pyridine rings is 1. The van der Waals surface area contributed by atoms with Crippen LogP contribution in [0.1, 0.15) is 28.8 Å². The molecule has 1 unspecified atom stereocenters. The number of hydrogen-bond acceptors (Lipinski definition) is 3. The van der Waals surface area contributed by atoms with Gasteiger partial charge in [-0.15, -0.1) is 0 Å². The number of amides is 1. The Morgan fingerprint density at radius 2 is 2.08 bits per heavy atom. The lowest BCUT2D eigenvalue weighted by Crippen LogP contribution is -2.41. The van der Waals surface area contributed by atoms with Crippen molar-refractivity contribution in [2.45, 2.75) is 19.8 Å². The SMILES string of the molecule is Cc1ccc(OCC2CCCN(C(=O)c3cnn4ccccc34)C2)cc1. The predicted octanol–water partition coefficient (Wildman–Crippen LogP) is 3.57. The second-order valence-corrected chi connectivity index (χ2v) is 6.97. The highest BCUT2D eigenvalue weighted by Crippen LogP contribution is 2.22. The van der Waals surface area contributed by atoms with E-state index in [2.05, 4.69) is 24.2 Å². The minimum atomic E-state index is 0.0613. The highest BCUT2D eigenvalue weighted by atomic mass is 16.5. The molecule has 1 amide bonds. The first-order valence-electron chi connectivity index (χ1n) is 9.12. The number of hydrogen-bond donors (Lipinski definition) is 0. The van der Waals surface area contributed by atoms with E-state index in [9.17, 15) is 4.79 Å². The van der Waals surface area contributed by atoms with Gasteiger partial charge in [-0.3, -0.25) is 4.79 Å². The van der Waals surface area contributed by atoms with Crippen LogP contribution in [0.3, 0.4) is 0 Å². The molecule has 0 aliphatic carbocycles. The summed E-state index contributed by atoms with van der Waals surface area (Å²) in [5.41, 5.74) is 2.75. The number of carbonyl (C=O) groups excluding carboxylic acids is 1. The summed E-state index contributed by atoms with van der Waals surface area (Å²) in [5.74, 6) is 1.31. The van der Waals surface area contributed by atoms with Crippen LogP contribution < -0.4 is 4.74 Å². The van der Waals surface area contributed by atoms with Gasteiger partial charge >= 0.3 is 0 Å². The Balaban J connectivity index is 1.41. The van der Waals surface area contributed by atoms with Gasteiger partial charge in [-0.25, -0.2) is 4.52 Å². The Morgan fingerprint density at radius 3 is 2.92 bits per heavy atom. The molecular formula is C21H23N3O2. The summed E-state index contributed by atoms with van der Waals surface area (Å²) in [7, 11) is 0. The lowest BCUT2D eigenvalue weighted by Gasteiger charge is -2.32. The number of rotatable bonds is 4. The Labute approximate surface area is 153 Å². The summed E-state index contributed by atoms with van der Waals surface area (Å²) in [6, 6.07) is 13.9. The molecule has 1 atom stereocenters. The molecule has 1 fully saturated rings. The molecule has 5 nitrogen and oxygen atoms in total. The average molecular weight is 349 g/mol. The fraction of sp³-hybridized carbons (Fsp3) is 0.333. The van der Waals surface area contributed by atoms with Crippen molar-refractivity contribution in [1.82, 2.24) is 14.5 Å². The van der Waals surface area contributed by atoms with E-state index in [1.165, 1.54) is 5.56 Å². The van der Waals surface area contributed by atoms with Gasteiger partial charge in [-0.1, -0.05) is 23.8 Å². The van der Waals surface area contributed by atoms with Crippen LogP contribution in [-0.2, 0) is 0 Å². The highest BCUT2D eigenvalue weighted by molar-refractivity contribution is 6.00. The molecule has 1 aliphatic heterocycles. The standard InChI is InChI=1S/C21H23N3O2/c1-16-7-9-18(10-8-16)26-15-17-5-4-11-23(14-17)21(25)19-13-22-24-12-3-2-6-20(19)24/h2-3,6-10,12-13,17H,4-5,11,14-15H2,1H3. The minimum Gasteiger partial charge on any atom is -0.493 e. The molecule has 2 aromatic heterocycles. The number of piperidine rings is 1. The number of fused-ring (bicyclic) bond motifs is 1. The normalized spacial score (nSPS) is 17.4. The van der Waals surface area contributed by atoms with Gasteiger partial charge in [-0.2, -0.15) is 5.10 Å². The van der Waals surface area contributed by atoms with Crippen molar-refractivity contribution in [2.75, 3.05) is 19.7 Å². The third-order valence-corrected chi connectivity index (χ3v) is 4.97. The minimum absolute atomic E-state index is 0.0613. The Morgan fingerprint density at radius 1 is 1.23 bits per heavy atom. The molecule has 0 bridgehead atoms. The summed E-state index contributed by atoms with van der Waals surface area (Å²) in [6.07, 6.45) is 5.63. The van der Waals surface area contributed by atoms with Crippen molar-refractivity contribution in [3.8, 4) is 5.75 Å². The lowest BCUT2D eigenvalue weighted by molar-refractivity contribution is 0.0635. The van der Waals surface area contributed by atoms with Gasteiger partial charge in [0.25, 0.3) is 5.91 Å². The maximum absolute atomic E-state index is 13.0. The second kappa shape index (κ2) is 7.20. The predicted molar refractivity (Wildman–Crippen MR) is 100 cm³/mol. The van der Waals surface area contributed by atoms with Crippen LogP contribution in [0.4, 0.5) is 0 Å². The van der Waals surface area contributed by atoms with E-state index >= 15 is 0 Å². The van der Waals surface area contributed by atoms with Crippen molar-refractivity contribution < 1.29 is 9.53 Å². The summed E-state index contributed by atoms with van der Waals surface area (Å²) in [6.45, 7) is 4.23. The molecule has 0 N–H and O–H groups in total. The number of aryl methyl sites for hydroxylation is 1. The maximum atomic E-state index is 13.0. The lowest BCUT2D eigenvalue weighted by atomic mass is 9.98. The third-order valence-electron chi connectivity index (χ3n) is 4.97. The van der Waals surface area contributed by atoms with E-state index in [-0.39, 0.29) is 5.91 Å². The van der Waals surface area contributed by atoms with Crippen LogP contribution in [0.5, 0.6) is 5.75 Å². The number of aromatic nitrogens is 2. The van der Waals surface area contributed by atoms with E-state index in [0.29, 0.717) is 18.1 Å². The second-order valence-electron chi connectivity index (χ2n) is 6.97. The first kappa shape index (κ1) is 16.6. The number of carbonyl (C=O) groups is 1. The number of ether oxygens (including phenoxy) is 1. The molecule has 26 heavy (non-hydrogen) atoms. The Hall–Kier alpha value is -2.82. The average Bonchev–Trinajstić information content (AvgIpc) is 3.11. The van der Waals surface area contributed by atoms with Crippen molar-refractivity contribution in [3.05, 3.63) is 66.0 Å². The monoisotopic (exact) mass is 349 g/mol. The van der Waals surface area contributed by atoms with Crippen molar-refractivity contribution >= 4 is 11.4 Å². The fourth-order valence-corrected chi connectivity index (χ4v) is 3.50. The van der Waals surface area contributed by atoms with Gasteiger partial charge in [0.2, 0.25) is 0 Å². The van der Waals surface area contributed by atoms with Gasteiger partial charge in [0.1, 0.15) is 5.75 Å². The molecule has 5 heteroatoms. The quantitative estimate of drug-likeness (QED) is 0.723. The first-order chi connectivity index (χ1) is 12.7. The zero-order valence-electron chi connectivity index (χ0n) is 15.0. The molecule has 0 saturated carbocycles. The summed E-state index contributed by atoms with van der Waals surface area (Å²) < 4.78 is 7.68. The molecule has 3 aromatic rings. The van der Waals surface area contributed by atoms with E-state index in [0.717, 1.165) is 37.2 Å². The van der Waals surface area contributed by atoms with Crippen molar-refractivity contribution in [1.29, 1.82) is 0 Å². The van der Waals surface area contributed by atoms with Gasteiger partial charge in [0.15, 0.2) is 0 Å². The van der Waals surface area contributed by atoms with E-state index in [1.54, 1.807) is 10.7 Å². The van der Waals surface area contributed by atoms with Crippen LogP contribution in [0, 0.1) is 12.8 Å². The van der Waals surface area contributed by atoms with Crippen molar-refractivity contribution in [2.24, 2.45) is 5.92 Å². The summed E-state index contributed by atoms with van der Waals surface area (Å²) >= 11 is 0. The van der Waals surface area contributed by atoms with Gasteiger partial charge in [0, 0.05) is 25.2 Å². The molecule has 4 rings (SSSR count). The molecule has 1 aliphatic rings. The van der Waals surface area contributed by atoms with Crippen LogP contribution in [0.25, 0.3) is 5.52 Å². The first-order valence-corrected chi connectivity index (χ1v) is 9.12. The molecule has 134 valence electrons. The molecule has 0 spiro atoms. The number of likely N-dealkylation sites (tertiary alicyclic amines) is 1. The largest absolute Gasteiger partial charge is 0.493 e. The maximum Gasteiger partial charge on any atom is 0.257 e. The molecule has 3 heterocycles. The molecular weight excluding hydrogens is 326 g/mol. The summed E-state index contributed by atoms with van der Waals surface area (Å²) in [4.78, 5) is 14.9. The fourth-order valence-electron chi connectivity index (χ4n) is 3.50. The van der Waals surface area contributed by atoms with Crippen LogP contribution in [0.2, 0.25) is 0 Å². The smallest absolute Gasteiger partial charge is 0.257 e. The third kappa shape index (κ3) is 3.43. The highest BCUT2D eigenvalue weighted by Gasteiger charge is 2.26. The topological polar surface area (TPSA) is 46.8 Å². The molecule has 1 saturated heterocycles. The molecule has 0 radical (unpaired) electrons. The Bertz CT molecular complexity index is 901. The van der Waals surface area contributed by atoms with Gasteiger partial charge in [0.05, 0.1) is 23.9 Å². The molecule has 1 aromatic carbocycles. The van der Waals surface area contributed by atoms with E-state index in [1.807, 2.05) is 41.4 Å².